The number of nitrogens with zero attached hydrogens (tertiary/aromatic N) is 1. The largest absolute Gasteiger partial charge is 0.370 e. The zero-order chi connectivity index (χ0) is 58.5. The van der Waals surface area contributed by atoms with Crippen molar-refractivity contribution in [3.8, 4) is 0 Å². The molecule has 1 saturated heterocycles. The summed E-state index contributed by atoms with van der Waals surface area (Å²) >= 11 is 0. The molecular formula is C53H77FN14O11. The molecule has 0 spiro atoms. The molecule has 1 aromatic heterocycles. The Morgan fingerprint density at radius 2 is 1.28 bits per heavy atom. The summed E-state index contributed by atoms with van der Waals surface area (Å²) in [6, 6.07) is 5.53. The second-order valence-electron chi connectivity index (χ2n) is 20.5. The summed E-state index contributed by atoms with van der Waals surface area (Å²) in [4.78, 5) is 151. The molecule has 1 aliphatic rings. The van der Waals surface area contributed by atoms with Crippen LogP contribution in [0.4, 0.5) is 4.39 Å². The Hall–Kier alpha value is -8.00. The Kier molecular flexibility index (Phi) is 24.8. The number of aromatic nitrogens is 1. The van der Waals surface area contributed by atoms with Crippen molar-refractivity contribution in [1.29, 1.82) is 0 Å². The van der Waals surface area contributed by atoms with Gasteiger partial charge < -0.3 is 75.4 Å². The van der Waals surface area contributed by atoms with Crippen LogP contribution in [0.3, 0.4) is 0 Å². The van der Waals surface area contributed by atoms with Crippen LogP contribution in [-0.4, -0.2) is 156 Å². The molecule has 0 bridgehead atoms. The number of rotatable bonds is 31. The van der Waals surface area contributed by atoms with Crippen LogP contribution in [0, 0.1) is 11.8 Å². The average Bonchev–Trinajstić information content (AvgIpc) is 4.02. The van der Waals surface area contributed by atoms with Crippen molar-refractivity contribution in [2.24, 2.45) is 34.8 Å². The van der Waals surface area contributed by atoms with Crippen LogP contribution in [-0.2, 0) is 65.6 Å². The number of halogens is 1. The molecule has 11 amide bonds. The van der Waals surface area contributed by atoms with E-state index < -0.39 is 158 Å². The Morgan fingerprint density at radius 1 is 0.658 bits per heavy atom. The number of hydrogen-bond acceptors (Lipinski definition) is 13. The minimum atomic E-state index is -1.61. The summed E-state index contributed by atoms with van der Waals surface area (Å²) in [5.74, 6) is -10.0. The van der Waals surface area contributed by atoms with E-state index in [9.17, 15) is 52.7 Å². The molecule has 4 rings (SSSR count). The number of para-hydroxylation sites is 1. The quantitative estimate of drug-likeness (QED) is 0.0299. The summed E-state index contributed by atoms with van der Waals surface area (Å²) in [6.07, 6.45) is -0.269. The fourth-order valence-corrected chi connectivity index (χ4v) is 8.86. The second kappa shape index (κ2) is 30.8. The number of aromatic amines is 1. The third-order valence-electron chi connectivity index (χ3n) is 13.0. The number of carbonyl (C=O) groups is 11. The van der Waals surface area contributed by atoms with Gasteiger partial charge in [-0.05, 0) is 68.2 Å². The number of H-pyrrole nitrogens is 1. The van der Waals surface area contributed by atoms with Gasteiger partial charge in [0.1, 0.15) is 48.5 Å². The fourth-order valence-electron chi connectivity index (χ4n) is 8.86. The smallest absolute Gasteiger partial charge is 0.246 e. The zero-order valence-electron chi connectivity index (χ0n) is 45.2. The number of benzene rings is 2. The molecule has 26 heteroatoms. The summed E-state index contributed by atoms with van der Waals surface area (Å²) in [6.45, 7) is 6.75. The van der Waals surface area contributed by atoms with Crippen molar-refractivity contribution in [1.82, 2.24) is 52.4 Å². The molecule has 0 radical (unpaired) electrons. The molecule has 432 valence electrons. The number of unbranched alkanes of at least 4 members (excludes halogenated alkanes) is 1. The highest BCUT2D eigenvalue weighted by molar-refractivity contribution is 5.99. The first-order valence-corrected chi connectivity index (χ1v) is 26.3. The van der Waals surface area contributed by atoms with Crippen molar-refractivity contribution in [2.75, 3.05) is 26.2 Å². The van der Waals surface area contributed by atoms with E-state index in [0.717, 1.165) is 15.8 Å². The fraction of sp³-hybridized carbons (Fsp3) is 0.528. The van der Waals surface area contributed by atoms with E-state index >= 15 is 4.39 Å². The molecule has 0 aliphatic carbocycles. The van der Waals surface area contributed by atoms with E-state index in [1.165, 1.54) is 6.92 Å². The predicted octanol–water partition coefficient (Wildman–Crippen LogP) is -2.43. The number of nitrogens with two attached hydrogens (primary N) is 4. The van der Waals surface area contributed by atoms with E-state index in [2.05, 4.69) is 47.5 Å². The van der Waals surface area contributed by atoms with E-state index in [4.69, 9.17) is 22.9 Å². The minimum absolute atomic E-state index is 0.0147. The van der Waals surface area contributed by atoms with Gasteiger partial charge in [-0.2, -0.15) is 0 Å². The Balaban J connectivity index is 1.53. The zero-order valence-corrected chi connectivity index (χ0v) is 45.2. The van der Waals surface area contributed by atoms with Gasteiger partial charge in [0.2, 0.25) is 65.0 Å². The first kappa shape index (κ1) is 63.5. The number of primary amides is 2. The van der Waals surface area contributed by atoms with Crippen LogP contribution < -0.4 is 65.5 Å². The average molecular weight is 1110 g/mol. The Bertz CT molecular complexity index is 2630. The number of likely N-dealkylation sites (tertiary alicyclic amines) is 1. The molecule has 1 unspecified atom stereocenters. The van der Waals surface area contributed by atoms with Gasteiger partial charge in [-0.3, -0.25) is 52.7 Å². The van der Waals surface area contributed by atoms with Crippen LogP contribution in [0.15, 0.2) is 60.8 Å². The molecule has 2 heterocycles. The lowest BCUT2D eigenvalue weighted by molar-refractivity contribution is -0.141. The van der Waals surface area contributed by atoms with Crippen molar-refractivity contribution >= 4 is 75.9 Å². The van der Waals surface area contributed by atoms with Crippen LogP contribution in [0.5, 0.6) is 0 Å². The molecule has 3 aromatic rings. The summed E-state index contributed by atoms with van der Waals surface area (Å²) in [5.41, 5.74) is 23.9. The van der Waals surface area contributed by atoms with Gasteiger partial charge in [-0.1, -0.05) is 76.2 Å². The third-order valence-corrected chi connectivity index (χ3v) is 13.0. The van der Waals surface area contributed by atoms with E-state index in [1.807, 2.05) is 6.07 Å². The highest BCUT2D eigenvalue weighted by Gasteiger charge is 2.43. The molecule has 25 nitrogen and oxygen atoms in total. The van der Waals surface area contributed by atoms with E-state index in [0.29, 0.717) is 24.0 Å². The van der Waals surface area contributed by atoms with Crippen LogP contribution in [0.25, 0.3) is 10.9 Å². The van der Waals surface area contributed by atoms with E-state index in [1.54, 1.807) is 82.4 Å². The topological polar surface area (TPSA) is 407 Å². The molecule has 1 aliphatic heterocycles. The first-order valence-electron chi connectivity index (χ1n) is 26.3. The maximum Gasteiger partial charge on any atom is 0.246 e. The van der Waals surface area contributed by atoms with Crippen LogP contribution in [0.2, 0.25) is 0 Å². The monoisotopic (exact) mass is 1100 g/mol. The van der Waals surface area contributed by atoms with Gasteiger partial charge in [-0.15, -0.1) is 0 Å². The summed E-state index contributed by atoms with van der Waals surface area (Å²) in [7, 11) is 0. The number of fused-ring (bicyclic) bond motifs is 1. The number of hydrogen-bond donors (Lipinski definition) is 13. The molecule has 79 heavy (non-hydrogen) atoms. The molecule has 0 saturated carbocycles. The maximum atomic E-state index is 15.1. The summed E-state index contributed by atoms with van der Waals surface area (Å²) in [5, 5.41) is 21.1. The normalized spacial score (nSPS) is 16.8. The Labute approximate surface area is 457 Å². The molecule has 17 N–H and O–H groups in total. The molecule has 1 fully saturated rings. The van der Waals surface area contributed by atoms with Gasteiger partial charge in [-0.25, -0.2) is 4.39 Å². The lowest BCUT2D eigenvalue weighted by atomic mass is 9.98. The minimum Gasteiger partial charge on any atom is -0.370 e. The summed E-state index contributed by atoms with van der Waals surface area (Å²) < 4.78 is 15.1. The van der Waals surface area contributed by atoms with Crippen molar-refractivity contribution in [3.63, 3.8) is 0 Å². The third kappa shape index (κ3) is 20.1. The lowest BCUT2D eigenvalue weighted by Crippen LogP contribution is -2.60. The number of nitrogens with one attached hydrogen (secondary N) is 9. The number of carbonyl (C=O) groups excluding carboxylic acids is 11. The van der Waals surface area contributed by atoms with Gasteiger partial charge in [0, 0.05) is 36.4 Å². The number of amides is 11. The first-order chi connectivity index (χ1) is 37.4. The van der Waals surface area contributed by atoms with Crippen molar-refractivity contribution in [3.05, 3.63) is 71.9 Å². The van der Waals surface area contributed by atoms with Crippen LogP contribution >= 0.6 is 0 Å². The van der Waals surface area contributed by atoms with Crippen molar-refractivity contribution in [2.45, 2.75) is 140 Å². The molecule has 2 aromatic carbocycles. The van der Waals surface area contributed by atoms with Gasteiger partial charge in [0.15, 0.2) is 0 Å². The van der Waals surface area contributed by atoms with Gasteiger partial charge >= 0.3 is 0 Å². The molecular weight excluding hydrogens is 1030 g/mol. The standard InChI is InChI=1S/C53H77FN14O11/c1-28(2)19-37(50(76)67-45(29(3)4)52(78)63-36(17-11-12-18-55)48(74)65-39(23-42(57)69)47(73)60-25-43(58)70)64-49(75)38(21-32-24-59-35-16-10-9-15-34(32)35)62-44(71)26-61-51(77)41-22-33(54)27-68(41)53(79)40(66-46(72)30(5)56)20-31-13-7-6-8-14-31/h6-10,13-16,24,28-30,33,36-41,45,59H,11-12,17-23,25-27,55-56H2,1-5H3,(H2,57,69)(H2,58,70)(H,60,73)(H,61,77)(H,62,71)(H,63,78)(H,64,75)(H,65,74)(H,66,72)(H,67,76)/t30-,33?,36-,37-,38-,39-,40-,41-,45-/m0/s1. The SMILES string of the molecule is CC(C)C[C@H](NC(=O)[C@H](Cc1c[nH]c2ccccc12)NC(=O)CNC(=O)[C@@H]1CC(F)CN1C(=O)[C@H](Cc1ccccc1)NC(=O)[C@H](C)N)C(=O)N[C@H](C(=O)N[C@@H](CCCCN)C(=O)N[C@@H](CC(N)=O)C(=O)NCC(N)=O)C(C)C. The maximum absolute atomic E-state index is 15.1. The molecule has 9 atom stereocenters. The predicted molar refractivity (Wildman–Crippen MR) is 289 cm³/mol. The van der Waals surface area contributed by atoms with Gasteiger partial charge in [0.05, 0.1) is 32.1 Å². The van der Waals surface area contributed by atoms with Gasteiger partial charge in [0.25, 0.3) is 0 Å². The van der Waals surface area contributed by atoms with E-state index in [-0.39, 0.29) is 38.1 Å². The lowest BCUT2D eigenvalue weighted by Gasteiger charge is -2.29. The highest BCUT2D eigenvalue weighted by Crippen LogP contribution is 2.23. The highest BCUT2D eigenvalue weighted by atomic mass is 19.1. The second-order valence-corrected chi connectivity index (χ2v) is 20.5. The van der Waals surface area contributed by atoms with Crippen molar-refractivity contribution < 1.29 is 57.1 Å². The Morgan fingerprint density at radius 3 is 1.91 bits per heavy atom. The van der Waals surface area contributed by atoms with Crippen LogP contribution in [0.1, 0.15) is 84.3 Å². The number of alkyl halides is 1.